The number of hydrogen-bond acceptors (Lipinski definition) is 6. The van der Waals surface area contributed by atoms with Gasteiger partial charge in [0.25, 0.3) is 0 Å². The SMILES string of the molecule is Nc1nc(Cl)nc(N2CCN3C(=O)NCC3C2)n1. The van der Waals surface area contributed by atoms with Gasteiger partial charge in [-0.1, -0.05) is 0 Å². The number of fused-ring (bicyclic) bond motifs is 1. The number of hydrogen-bond donors (Lipinski definition) is 2. The van der Waals surface area contributed by atoms with Crippen molar-refractivity contribution < 1.29 is 4.79 Å². The van der Waals surface area contributed by atoms with Gasteiger partial charge in [-0.15, -0.1) is 0 Å². The standard InChI is InChI=1S/C9H12ClN7O/c10-6-13-7(11)15-8(14-6)16-1-2-17-5(4-16)3-12-9(17)18/h5H,1-4H2,(H,12,18)(H2,11,13,14,15). The topological polar surface area (TPSA) is 100 Å². The Bertz CT molecular complexity index is 476. The van der Waals surface area contributed by atoms with Crippen LogP contribution in [0.3, 0.4) is 0 Å². The number of amides is 2. The number of urea groups is 1. The summed E-state index contributed by atoms with van der Waals surface area (Å²) in [5.41, 5.74) is 5.54. The second kappa shape index (κ2) is 4.13. The largest absolute Gasteiger partial charge is 0.368 e. The van der Waals surface area contributed by atoms with Gasteiger partial charge in [0.2, 0.25) is 17.2 Å². The Hall–Kier alpha value is -1.83. The summed E-state index contributed by atoms with van der Waals surface area (Å²) in [4.78, 5) is 27.1. The second-order valence-corrected chi connectivity index (χ2v) is 4.58. The maximum atomic E-state index is 11.5. The fourth-order valence-corrected chi connectivity index (χ4v) is 2.44. The number of anilines is 2. The highest BCUT2D eigenvalue weighted by Gasteiger charge is 2.36. The minimum atomic E-state index is -0.00663. The molecule has 1 unspecified atom stereocenters. The van der Waals surface area contributed by atoms with E-state index in [4.69, 9.17) is 17.3 Å². The van der Waals surface area contributed by atoms with Crippen LogP contribution in [0.5, 0.6) is 0 Å². The van der Waals surface area contributed by atoms with Gasteiger partial charge in [-0.2, -0.15) is 15.0 Å². The van der Waals surface area contributed by atoms with Gasteiger partial charge >= 0.3 is 6.03 Å². The Kier molecular flexibility index (Phi) is 2.58. The van der Waals surface area contributed by atoms with Crippen LogP contribution in [0.15, 0.2) is 0 Å². The lowest BCUT2D eigenvalue weighted by molar-refractivity contribution is 0.197. The number of halogens is 1. The third kappa shape index (κ3) is 1.88. The Morgan fingerprint density at radius 1 is 1.33 bits per heavy atom. The lowest BCUT2D eigenvalue weighted by Crippen LogP contribution is -2.52. The Morgan fingerprint density at radius 2 is 2.17 bits per heavy atom. The molecule has 1 atom stereocenters. The average molecular weight is 270 g/mol. The number of piperazine rings is 1. The maximum Gasteiger partial charge on any atom is 0.317 e. The van der Waals surface area contributed by atoms with Crippen molar-refractivity contribution in [1.82, 2.24) is 25.2 Å². The van der Waals surface area contributed by atoms with Crippen molar-refractivity contribution in [3.63, 3.8) is 0 Å². The van der Waals surface area contributed by atoms with Crippen LogP contribution in [0.1, 0.15) is 0 Å². The van der Waals surface area contributed by atoms with Gasteiger partial charge in [-0.05, 0) is 11.6 Å². The van der Waals surface area contributed by atoms with Gasteiger partial charge in [-0.3, -0.25) is 0 Å². The molecule has 0 radical (unpaired) electrons. The van der Waals surface area contributed by atoms with Gasteiger partial charge in [0.05, 0.1) is 6.04 Å². The molecule has 18 heavy (non-hydrogen) atoms. The minimum Gasteiger partial charge on any atom is -0.368 e. The molecule has 2 fully saturated rings. The molecule has 1 aromatic heterocycles. The molecule has 1 aromatic rings. The number of nitrogen functional groups attached to an aromatic ring is 1. The molecule has 0 aromatic carbocycles. The van der Waals surface area contributed by atoms with Crippen molar-refractivity contribution in [2.24, 2.45) is 0 Å². The molecule has 0 spiro atoms. The Balaban J connectivity index is 1.80. The van der Waals surface area contributed by atoms with E-state index < -0.39 is 0 Å². The van der Waals surface area contributed by atoms with Crippen molar-refractivity contribution >= 4 is 29.5 Å². The van der Waals surface area contributed by atoms with E-state index in [0.717, 1.165) is 0 Å². The van der Waals surface area contributed by atoms with Crippen molar-refractivity contribution in [2.45, 2.75) is 6.04 Å². The molecule has 8 nitrogen and oxygen atoms in total. The highest BCUT2D eigenvalue weighted by Crippen LogP contribution is 2.19. The predicted octanol–water partition coefficient (Wildman–Crippen LogP) is -0.679. The van der Waals surface area contributed by atoms with Gasteiger partial charge in [0, 0.05) is 26.2 Å². The average Bonchev–Trinajstić information content (AvgIpc) is 2.69. The van der Waals surface area contributed by atoms with Gasteiger partial charge in [-0.25, -0.2) is 4.79 Å². The summed E-state index contributed by atoms with van der Waals surface area (Å²) in [6.45, 7) is 2.60. The second-order valence-electron chi connectivity index (χ2n) is 4.24. The molecule has 3 N–H and O–H groups in total. The Labute approximate surface area is 108 Å². The summed E-state index contributed by atoms with van der Waals surface area (Å²) in [6.07, 6.45) is 0. The van der Waals surface area contributed by atoms with Crippen LogP contribution in [0.2, 0.25) is 5.28 Å². The first-order valence-electron chi connectivity index (χ1n) is 5.60. The van der Waals surface area contributed by atoms with Crippen LogP contribution >= 0.6 is 11.6 Å². The first kappa shape index (κ1) is 11.3. The number of nitrogens with two attached hydrogens (primary N) is 1. The number of nitrogens with zero attached hydrogens (tertiary/aromatic N) is 5. The number of carbonyl (C=O) groups excluding carboxylic acids is 1. The van der Waals surface area contributed by atoms with E-state index in [-0.39, 0.29) is 23.3 Å². The fraction of sp³-hybridized carbons (Fsp3) is 0.556. The highest BCUT2D eigenvalue weighted by molar-refractivity contribution is 6.28. The smallest absolute Gasteiger partial charge is 0.317 e. The van der Waals surface area contributed by atoms with Crippen molar-refractivity contribution in [2.75, 3.05) is 36.8 Å². The molecular weight excluding hydrogens is 258 g/mol. The molecule has 96 valence electrons. The van der Waals surface area contributed by atoms with Crippen molar-refractivity contribution in [1.29, 1.82) is 0 Å². The molecule has 2 amide bonds. The molecule has 9 heteroatoms. The number of nitrogens with one attached hydrogen (secondary N) is 1. The van der Waals surface area contributed by atoms with E-state index in [0.29, 0.717) is 32.1 Å². The highest BCUT2D eigenvalue weighted by atomic mass is 35.5. The zero-order valence-corrected chi connectivity index (χ0v) is 10.3. The van der Waals surface area contributed by atoms with Crippen LogP contribution in [0, 0.1) is 0 Å². The molecule has 0 bridgehead atoms. The summed E-state index contributed by atoms with van der Waals surface area (Å²) in [5.74, 6) is 0.569. The van der Waals surface area contributed by atoms with E-state index in [1.165, 1.54) is 0 Å². The van der Waals surface area contributed by atoms with Gasteiger partial charge in [0.15, 0.2) is 0 Å². The van der Waals surface area contributed by atoms with Crippen LogP contribution in [-0.4, -0.2) is 58.1 Å². The molecular formula is C9H12ClN7O. The van der Waals surface area contributed by atoms with Crippen molar-refractivity contribution in [3.8, 4) is 0 Å². The summed E-state index contributed by atoms with van der Waals surface area (Å²) in [7, 11) is 0. The van der Waals surface area contributed by atoms with Gasteiger partial charge < -0.3 is 20.9 Å². The zero-order chi connectivity index (χ0) is 12.7. The van der Waals surface area contributed by atoms with E-state index >= 15 is 0 Å². The monoisotopic (exact) mass is 269 g/mol. The molecule has 2 aliphatic heterocycles. The van der Waals surface area contributed by atoms with E-state index in [1.807, 2.05) is 9.80 Å². The van der Waals surface area contributed by atoms with E-state index in [1.54, 1.807) is 0 Å². The molecule has 0 saturated carbocycles. The molecule has 3 rings (SSSR count). The normalized spacial score (nSPS) is 22.9. The maximum absolute atomic E-state index is 11.5. The minimum absolute atomic E-state index is 0.00663. The van der Waals surface area contributed by atoms with Gasteiger partial charge in [0.1, 0.15) is 0 Å². The summed E-state index contributed by atoms with van der Waals surface area (Å²) in [5, 5.41) is 2.90. The molecule has 3 heterocycles. The summed E-state index contributed by atoms with van der Waals surface area (Å²) < 4.78 is 0. The first-order valence-corrected chi connectivity index (χ1v) is 5.98. The molecule has 0 aliphatic carbocycles. The predicted molar refractivity (Wildman–Crippen MR) is 65.4 cm³/mol. The number of rotatable bonds is 1. The number of aromatic nitrogens is 3. The first-order chi connectivity index (χ1) is 8.63. The Morgan fingerprint density at radius 3 is 2.94 bits per heavy atom. The van der Waals surface area contributed by atoms with E-state index in [9.17, 15) is 4.79 Å². The van der Waals surface area contributed by atoms with Crippen LogP contribution < -0.4 is 16.0 Å². The van der Waals surface area contributed by atoms with Crippen LogP contribution in [0.25, 0.3) is 0 Å². The fourth-order valence-electron chi connectivity index (χ4n) is 2.28. The molecule has 2 saturated heterocycles. The third-order valence-electron chi connectivity index (χ3n) is 3.13. The quantitative estimate of drug-likeness (QED) is 0.701. The van der Waals surface area contributed by atoms with E-state index in [2.05, 4.69) is 20.3 Å². The van der Waals surface area contributed by atoms with Crippen LogP contribution in [-0.2, 0) is 0 Å². The third-order valence-corrected chi connectivity index (χ3v) is 3.30. The zero-order valence-electron chi connectivity index (χ0n) is 9.51. The summed E-state index contributed by atoms with van der Waals surface area (Å²) >= 11 is 5.76. The lowest BCUT2D eigenvalue weighted by Gasteiger charge is -2.36. The van der Waals surface area contributed by atoms with Crippen LogP contribution in [0.4, 0.5) is 16.7 Å². The van der Waals surface area contributed by atoms with Crippen molar-refractivity contribution in [3.05, 3.63) is 5.28 Å². The number of carbonyl (C=O) groups is 1. The summed E-state index contributed by atoms with van der Waals surface area (Å²) in [6, 6.07) is 0.135. The lowest BCUT2D eigenvalue weighted by atomic mass is 10.2. The molecule has 2 aliphatic rings.